The Balaban J connectivity index is 1.96. The second-order valence-corrected chi connectivity index (χ2v) is 9.89. The van der Waals surface area contributed by atoms with Crippen molar-refractivity contribution in [1.82, 2.24) is 5.32 Å². The number of hydrogen-bond acceptors (Lipinski definition) is 4. The van der Waals surface area contributed by atoms with E-state index >= 15 is 0 Å². The minimum atomic E-state index is -3.31. The van der Waals surface area contributed by atoms with Crippen molar-refractivity contribution in [2.24, 2.45) is 0 Å². The molecule has 0 aromatic heterocycles. The Morgan fingerprint density at radius 2 is 1.96 bits per heavy atom. The van der Waals surface area contributed by atoms with Gasteiger partial charge in [0.1, 0.15) is 0 Å². The van der Waals surface area contributed by atoms with Gasteiger partial charge in [-0.1, -0.05) is 12.1 Å². The zero-order chi connectivity index (χ0) is 17.1. The van der Waals surface area contributed by atoms with Crippen molar-refractivity contribution < 1.29 is 13.2 Å². The number of Topliss-reactive ketones (excluding diaryl/α,β-unsaturated/α-hetero) is 1. The van der Waals surface area contributed by atoms with Crippen molar-refractivity contribution in [2.75, 3.05) is 5.75 Å². The maximum absolute atomic E-state index is 12.7. The summed E-state index contributed by atoms with van der Waals surface area (Å²) < 4.78 is 26.4. The van der Waals surface area contributed by atoms with Crippen molar-refractivity contribution in [3.8, 4) is 0 Å². The number of nitrogens with one attached hydrogen (secondary N) is 1. The Bertz CT molecular complexity index is 928. The molecule has 1 aromatic rings. The van der Waals surface area contributed by atoms with Crippen LogP contribution in [-0.4, -0.2) is 20.0 Å². The highest BCUT2D eigenvalue weighted by Crippen LogP contribution is 2.47. The Hall–Kier alpha value is -1.15. The van der Waals surface area contributed by atoms with E-state index < -0.39 is 15.8 Å². The molecule has 2 aliphatic heterocycles. The maximum Gasteiger partial charge on any atom is 0.177 e. The van der Waals surface area contributed by atoms with E-state index in [0.29, 0.717) is 23.3 Å². The monoisotopic (exact) mass is 455 g/mol. The summed E-state index contributed by atoms with van der Waals surface area (Å²) in [7, 11) is -3.31. The first-order valence-electron chi connectivity index (χ1n) is 8.13. The fourth-order valence-electron chi connectivity index (χ4n) is 3.88. The SMILES string of the molecule is Cc1ccc([C@H]2C3=C(CCCC3=O)NC3=C2S(=O)(=O)CC3)cc1I. The molecule has 0 saturated heterocycles. The number of dihydropyridines is 1. The lowest BCUT2D eigenvalue weighted by Gasteiger charge is -2.33. The number of rotatable bonds is 1. The van der Waals surface area contributed by atoms with Crippen LogP contribution in [-0.2, 0) is 14.6 Å². The second-order valence-electron chi connectivity index (χ2n) is 6.65. The fraction of sp³-hybridized carbons (Fsp3) is 0.389. The first-order chi connectivity index (χ1) is 11.4. The Morgan fingerprint density at radius 1 is 1.17 bits per heavy atom. The van der Waals surface area contributed by atoms with Gasteiger partial charge < -0.3 is 5.32 Å². The van der Waals surface area contributed by atoms with Crippen LogP contribution >= 0.6 is 22.6 Å². The third-order valence-corrected chi connectivity index (χ3v) is 8.15. The average molecular weight is 455 g/mol. The van der Waals surface area contributed by atoms with Crippen molar-refractivity contribution in [2.45, 2.75) is 38.5 Å². The van der Waals surface area contributed by atoms with Crippen molar-refractivity contribution in [1.29, 1.82) is 0 Å². The van der Waals surface area contributed by atoms with Crippen LogP contribution in [0.5, 0.6) is 0 Å². The molecule has 6 heteroatoms. The van der Waals surface area contributed by atoms with Crippen LogP contribution in [0, 0.1) is 10.5 Å². The number of sulfone groups is 1. The van der Waals surface area contributed by atoms with Crippen LogP contribution in [0.2, 0.25) is 0 Å². The van der Waals surface area contributed by atoms with Crippen LogP contribution in [0.4, 0.5) is 0 Å². The number of halogens is 1. The van der Waals surface area contributed by atoms with Gasteiger partial charge in [0.05, 0.1) is 16.6 Å². The topological polar surface area (TPSA) is 63.2 Å². The highest BCUT2D eigenvalue weighted by atomic mass is 127. The minimum absolute atomic E-state index is 0.0815. The summed E-state index contributed by atoms with van der Waals surface area (Å²) in [6, 6.07) is 6.00. The molecule has 0 radical (unpaired) electrons. The van der Waals surface area contributed by atoms with Crippen LogP contribution in [0.1, 0.15) is 42.7 Å². The quantitative estimate of drug-likeness (QED) is 0.661. The van der Waals surface area contributed by atoms with Gasteiger partial charge >= 0.3 is 0 Å². The van der Waals surface area contributed by atoms with E-state index in [4.69, 9.17) is 0 Å². The van der Waals surface area contributed by atoms with E-state index in [-0.39, 0.29) is 11.5 Å². The van der Waals surface area contributed by atoms with Crippen LogP contribution in [0.3, 0.4) is 0 Å². The number of benzene rings is 1. The Labute approximate surface area is 155 Å². The van der Waals surface area contributed by atoms with Gasteiger partial charge in [-0.2, -0.15) is 0 Å². The Kier molecular flexibility index (Phi) is 3.87. The van der Waals surface area contributed by atoms with Gasteiger partial charge in [0.2, 0.25) is 0 Å². The van der Waals surface area contributed by atoms with Crippen molar-refractivity contribution in [3.05, 3.63) is 54.8 Å². The first-order valence-corrected chi connectivity index (χ1v) is 10.9. The van der Waals surface area contributed by atoms with E-state index in [1.54, 1.807) is 0 Å². The van der Waals surface area contributed by atoms with Crippen LogP contribution in [0.15, 0.2) is 40.1 Å². The summed E-state index contributed by atoms with van der Waals surface area (Å²) in [4.78, 5) is 13.1. The molecule has 0 bridgehead atoms. The van der Waals surface area contributed by atoms with Gasteiger partial charge in [-0.3, -0.25) is 4.79 Å². The van der Waals surface area contributed by atoms with Gasteiger partial charge in [-0.25, -0.2) is 8.42 Å². The van der Waals surface area contributed by atoms with Crippen LogP contribution in [0.25, 0.3) is 0 Å². The second kappa shape index (κ2) is 5.69. The summed E-state index contributed by atoms with van der Waals surface area (Å²) in [5.41, 5.74) is 4.46. The van der Waals surface area contributed by atoms with Crippen LogP contribution < -0.4 is 5.32 Å². The zero-order valence-electron chi connectivity index (χ0n) is 13.4. The van der Waals surface area contributed by atoms with Crippen molar-refractivity contribution >= 4 is 38.2 Å². The van der Waals surface area contributed by atoms with Gasteiger partial charge in [0, 0.05) is 33.4 Å². The van der Waals surface area contributed by atoms with Gasteiger partial charge in [0.15, 0.2) is 15.6 Å². The first kappa shape index (κ1) is 16.3. The molecule has 1 atom stereocenters. The third-order valence-electron chi connectivity index (χ3n) is 5.09. The molecule has 0 fully saturated rings. The third kappa shape index (κ3) is 2.45. The Morgan fingerprint density at radius 3 is 2.71 bits per heavy atom. The molecule has 1 aliphatic carbocycles. The predicted molar refractivity (Wildman–Crippen MR) is 101 cm³/mol. The van der Waals surface area contributed by atoms with E-state index in [1.807, 2.05) is 25.1 Å². The molecule has 1 aromatic carbocycles. The largest absolute Gasteiger partial charge is 0.361 e. The van der Waals surface area contributed by atoms with Crippen molar-refractivity contribution in [3.63, 3.8) is 0 Å². The number of carbonyl (C=O) groups excluding carboxylic acids is 1. The molecule has 1 N–H and O–H groups in total. The molecule has 2 heterocycles. The van der Waals surface area contributed by atoms with E-state index in [2.05, 4.69) is 27.9 Å². The predicted octanol–water partition coefficient (Wildman–Crippen LogP) is 3.32. The van der Waals surface area contributed by atoms with Gasteiger partial charge in [-0.05, 0) is 59.5 Å². The smallest absolute Gasteiger partial charge is 0.177 e. The summed E-state index contributed by atoms with van der Waals surface area (Å²) in [6.07, 6.45) is 2.67. The minimum Gasteiger partial charge on any atom is -0.361 e. The molecule has 0 unspecified atom stereocenters. The summed E-state index contributed by atoms with van der Waals surface area (Å²) in [5.74, 6) is -0.220. The number of aryl methyl sites for hydroxylation is 1. The maximum atomic E-state index is 12.7. The molecular weight excluding hydrogens is 437 g/mol. The molecular formula is C18H18INO3S. The van der Waals surface area contributed by atoms with E-state index in [9.17, 15) is 13.2 Å². The molecule has 0 spiro atoms. The highest BCUT2D eigenvalue weighted by Gasteiger charge is 2.44. The average Bonchev–Trinajstić information content (AvgIpc) is 2.84. The zero-order valence-corrected chi connectivity index (χ0v) is 16.3. The standard InChI is InChI=1S/C18H18INO3S/c1-10-5-6-11(9-12(10)19)16-17-13(3-2-4-15(17)21)20-14-7-8-24(22,23)18(14)16/h5-6,9,16,20H,2-4,7-8H2,1H3/t16-/m0/s1. The molecule has 0 amide bonds. The molecule has 4 rings (SSSR count). The van der Waals surface area contributed by atoms with Gasteiger partial charge in [0.25, 0.3) is 0 Å². The lowest BCUT2D eigenvalue weighted by atomic mass is 9.79. The number of ketones is 1. The molecule has 0 saturated carbocycles. The summed E-state index contributed by atoms with van der Waals surface area (Å²) >= 11 is 2.27. The molecule has 4 nitrogen and oxygen atoms in total. The number of hydrogen-bond donors (Lipinski definition) is 1. The summed E-state index contributed by atoms with van der Waals surface area (Å²) in [6.45, 7) is 2.03. The summed E-state index contributed by atoms with van der Waals surface area (Å²) in [5, 5.41) is 3.29. The molecule has 126 valence electrons. The van der Waals surface area contributed by atoms with E-state index in [0.717, 1.165) is 38.9 Å². The van der Waals surface area contributed by atoms with E-state index in [1.165, 1.54) is 0 Å². The molecule has 3 aliphatic rings. The number of allylic oxidation sites excluding steroid dienone is 4. The van der Waals surface area contributed by atoms with Gasteiger partial charge in [-0.15, -0.1) is 0 Å². The lowest BCUT2D eigenvalue weighted by molar-refractivity contribution is -0.116. The fourth-order valence-corrected chi connectivity index (χ4v) is 6.26. The normalized spacial score (nSPS) is 25.4. The highest BCUT2D eigenvalue weighted by molar-refractivity contribution is 14.1. The lowest BCUT2D eigenvalue weighted by Crippen LogP contribution is -2.32. The number of carbonyl (C=O) groups is 1. The molecule has 24 heavy (non-hydrogen) atoms.